The van der Waals surface area contributed by atoms with Crippen LogP contribution in [-0.4, -0.2) is 39.1 Å². The Morgan fingerprint density at radius 3 is 2.71 bits per heavy atom. The molecule has 5 rings (SSSR count). The number of nitrogens with two attached hydrogens (primary N) is 1. The van der Waals surface area contributed by atoms with E-state index in [0.29, 0.717) is 23.0 Å². The molecule has 8 nitrogen and oxygen atoms in total. The van der Waals surface area contributed by atoms with Crippen molar-refractivity contribution in [2.75, 3.05) is 14.2 Å². The summed E-state index contributed by atoms with van der Waals surface area (Å²) in [4.78, 5) is 22.3. The molecule has 182 valence electrons. The highest BCUT2D eigenvalue weighted by Crippen LogP contribution is 2.46. The van der Waals surface area contributed by atoms with Crippen molar-refractivity contribution in [3.8, 4) is 17.3 Å². The summed E-state index contributed by atoms with van der Waals surface area (Å²) < 4.78 is 14.9. The zero-order valence-corrected chi connectivity index (χ0v) is 20.5. The number of rotatable bonds is 9. The first-order chi connectivity index (χ1) is 17.0. The van der Waals surface area contributed by atoms with Crippen LogP contribution in [0.2, 0.25) is 0 Å². The lowest BCUT2D eigenvalue weighted by Crippen LogP contribution is -2.09. The number of ether oxygens (including phenoxy) is 2. The van der Waals surface area contributed by atoms with Gasteiger partial charge in [-0.15, -0.1) is 6.58 Å². The van der Waals surface area contributed by atoms with E-state index in [4.69, 9.17) is 25.2 Å². The SMILES string of the molecule is C=CCCCn1c(-c2nc3cc(C(=O)OC)cc(OC)n3c2C2CC2)cc2ccc([C@@H](C)N)nc21. The number of nitrogens with zero attached hydrogens (tertiary/aromatic N) is 4. The highest BCUT2D eigenvalue weighted by molar-refractivity contribution is 5.91. The zero-order chi connectivity index (χ0) is 24.7. The first-order valence-electron chi connectivity index (χ1n) is 12.0. The summed E-state index contributed by atoms with van der Waals surface area (Å²) in [6.07, 6.45) is 5.96. The molecule has 0 amide bonds. The largest absolute Gasteiger partial charge is 0.482 e. The van der Waals surface area contributed by atoms with E-state index in [-0.39, 0.29) is 6.04 Å². The number of fused-ring (bicyclic) bond motifs is 2. The summed E-state index contributed by atoms with van der Waals surface area (Å²) in [5.41, 5.74) is 12.0. The molecule has 1 fully saturated rings. The van der Waals surface area contributed by atoms with Crippen LogP contribution in [0.5, 0.6) is 5.88 Å². The molecule has 0 bridgehead atoms. The fourth-order valence-electron chi connectivity index (χ4n) is 4.68. The van der Waals surface area contributed by atoms with Gasteiger partial charge in [-0.2, -0.15) is 0 Å². The quantitative estimate of drug-likeness (QED) is 0.209. The monoisotopic (exact) mass is 473 g/mol. The summed E-state index contributed by atoms with van der Waals surface area (Å²) in [7, 11) is 2.98. The molecular weight excluding hydrogens is 442 g/mol. The number of pyridine rings is 2. The second-order valence-electron chi connectivity index (χ2n) is 9.14. The first kappa shape index (κ1) is 23.1. The third kappa shape index (κ3) is 4.08. The Morgan fingerprint density at radius 2 is 2.06 bits per heavy atom. The molecule has 0 saturated heterocycles. The Labute approximate surface area is 204 Å². The fraction of sp³-hybridized carbons (Fsp3) is 0.370. The van der Waals surface area contributed by atoms with Crippen LogP contribution in [0.3, 0.4) is 0 Å². The minimum atomic E-state index is -0.422. The van der Waals surface area contributed by atoms with Crippen LogP contribution in [0.4, 0.5) is 0 Å². The van der Waals surface area contributed by atoms with Gasteiger partial charge in [0, 0.05) is 30.0 Å². The van der Waals surface area contributed by atoms with Crippen LogP contribution in [0.15, 0.2) is 43.0 Å². The van der Waals surface area contributed by atoms with Gasteiger partial charge in [-0.1, -0.05) is 6.08 Å². The van der Waals surface area contributed by atoms with Crippen molar-refractivity contribution in [3.05, 3.63) is 59.9 Å². The van der Waals surface area contributed by atoms with E-state index in [0.717, 1.165) is 66.0 Å². The summed E-state index contributed by atoms with van der Waals surface area (Å²) >= 11 is 0. The number of carbonyl (C=O) groups excluding carboxylic acids is 1. The second-order valence-corrected chi connectivity index (χ2v) is 9.14. The number of carbonyl (C=O) groups is 1. The first-order valence-corrected chi connectivity index (χ1v) is 12.0. The number of unbranched alkanes of at least 4 members (excludes halogenated alkanes) is 1. The standard InChI is InChI=1S/C27H31N5O3/c1-5-6-7-12-31-21(13-18-10-11-20(16(2)28)29-26(18)31)24-25(17-8-9-17)32-22(30-24)14-19(27(33)35-4)15-23(32)34-3/h5,10-11,13-17H,1,6-9,12,28H2,2-4H3/t16-/m1/s1. The van der Waals surface area contributed by atoms with Gasteiger partial charge in [0.15, 0.2) is 5.88 Å². The van der Waals surface area contributed by atoms with Gasteiger partial charge in [0.25, 0.3) is 0 Å². The van der Waals surface area contributed by atoms with Crippen molar-refractivity contribution < 1.29 is 14.3 Å². The zero-order valence-electron chi connectivity index (χ0n) is 20.5. The predicted molar refractivity (Wildman–Crippen MR) is 136 cm³/mol. The van der Waals surface area contributed by atoms with E-state index < -0.39 is 5.97 Å². The van der Waals surface area contributed by atoms with Crippen LogP contribution in [0.25, 0.3) is 28.1 Å². The molecule has 4 aromatic rings. The van der Waals surface area contributed by atoms with Gasteiger partial charge < -0.3 is 19.8 Å². The molecule has 2 N–H and O–H groups in total. The molecule has 0 aliphatic heterocycles. The molecule has 0 radical (unpaired) electrons. The van der Waals surface area contributed by atoms with Crippen LogP contribution in [0.1, 0.15) is 66.3 Å². The third-order valence-electron chi connectivity index (χ3n) is 6.58. The molecule has 0 aromatic carbocycles. The van der Waals surface area contributed by atoms with Crippen molar-refractivity contribution >= 4 is 22.6 Å². The number of hydrogen-bond donors (Lipinski definition) is 1. The van der Waals surface area contributed by atoms with Crippen LogP contribution >= 0.6 is 0 Å². The molecule has 0 spiro atoms. The molecular formula is C27H31N5O3. The Balaban J connectivity index is 1.77. The van der Waals surface area contributed by atoms with Gasteiger partial charge >= 0.3 is 5.97 Å². The number of methoxy groups -OCH3 is 2. The highest BCUT2D eigenvalue weighted by Gasteiger charge is 2.34. The topological polar surface area (TPSA) is 96.7 Å². The molecule has 1 aliphatic carbocycles. The lowest BCUT2D eigenvalue weighted by Gasteiger charge is -2.12. The Morgan fingerprint density at radius 1 is 1.26 bits per heavy atom. The summed E-state index contributed by atoms with van der Waals surface area (Å²) in [6.45, 7) is 6.60. The smallest absolute Gasteiger partial charge is 0.338 e. The van der Waals surface area contributed by atoms with Crippen LogP contribution < -0.4 is 10.5 Å². The summed E-state index contributed by atoms with van der Waals surface area (Å²) in [6, 6.07) is 9.55. The van der Waals surface area contributed by atoms with Crippen molar-refractivity contribution in [2.24, 2.45) is 5.73 Å². The average molecular weight is 474 g/mol. The summed E-state index contributed by atoms with van der Waals surface area (Å²) in [5, 5.41) is 1.05. The number of imidazole rings is 1. The Hall–Kier alpha value is -3.65. The number of hydrogen-bond acceptors (Lipinski definition) is 6. The molecule has 35 heavy (non-hydrogen) atoms. The normalized spacial score (nSPS) is 14.4. The number of esters is 1. The van der Waals surface area contributed by atoms with Gasteiger partial charge in [0.05, 0.1) is 36.9 Å². The van der Waals surface area contributed by atoms with E-state index in [1.165, 1.54) is 7.11 Å². The molecule has 4 heterocycles. The lowest BCUT2D eigenvalue weighted by molar-refractivity contribution is 0.0600. The molecule has 1 atom stereocenters. The maximum Gasteiger partial charge on any atom is 0.338 e. The average Bonchev–Trinajstić information content (AvgIpc) is 3.54. The molecule has 1 saturated carbocycles. The Kier molecular flexibility index (Phi) is 6.06. The number of allylic oxidation sites excluding steroid dienone is 1. The van der Waals surface area contributed by atoms with E-state index >= 15 is 0 Å². The molecule has 8 heteroatoms. The van der Waals surface area contributed by atoms with E-state index in [2.05, 4.69) is 23.3 Å². The highest BCUT2D eigenvalue weighted by atomic mass is 16.5. The van der Waals surface area contributed by atoms with E-state index in [9.17, 15) is 4.79 Å². The van der Waals surface area contributed by atoms with E-state index in [1.54, 1.807) is 19.2 Å². The van der Waals surface area contributed by atoms with Crippen molar-refractivity contribution in [2.45, 2.75) is 51.1 Å². The maximum absolute atomic E-state index is 12.3. The van der Waals surface area contributed by atoms with Crippen LogP contribution in [0, 0.1) is 0 Å². The second kappa shape index (κ2) is 9.19. The summed E-state index contributed by atoms with van der Waals surface area (Å²) in [5.74, 6) is 0.523. The van der Waals surface area contributed by atoms with Crippen molar-refractivity contribution in [3.63, 3.8) is 0 Å². The minimum Gasteiger partial charge on any atom is -0.482 e. The van der Waals surface area contributed by atoms with Gasteiger partial charge in [-0.05, 0) is 56.9 Å². The maximum atomic E-state index is 12.3. The van der Waals surface area contributed by atoms with Gasteiger partial charge in [-0.25, -0.2) is 14.8 Å². The third-order valence-corrected chi connectivity index (χ3v) is 6.58. The van der Waals surface area contributed by atoms with Crippen molar-refractivity contribution in [1.82, 2.24) is 18.9 Å². The van der Waals surface area contributed by atoms with E-state index in [1.807, 2.05) is 23.5 Å². The van der Waals surface area contributed by atoms with Gasteiger partial charge in [0.1, 0.15) is 17.0 Å². The van der Waals surface area contributed by atoms with Crippen LogP contribution in [-0.2, 0) is 11.3 Å². The molecule has 0 unspecified atom stereocenters. The minimum absolute atomic E-state index is 0.155. The Bertz CT molecular complexity index is 1430. The van der Waals surface area contributed by atoms with Crippen molar-refractivity contribution in [1.29, 1.82) is 0 Å². The van der Waals surface area contributed by atoms with Gasteiger partial charge in [0.2, 0.25) is 0 Å². The predicted octanol–water partition coefficient (Wildman–Crippen LogP) is 5.01. The molecule has 1 aliphatic rings. The van der Waals surface area contributed by atoms with Gasteiger partial charge in [-0.3, -0.25) is 4.40 Å². The molecule has 4 aromatic heterocycles. The fourth-order valence-corrected chi connectivity index (χ4v) is 4.68. The number of aryl methyl sites for hydroxylation is 1. The lowest BCUT2D eigenvalue weighted by atomic mass is 10.1. The number of aromatic nitrogens is 4.